The van der Waals surface area contributed by atoms with Gasteiger partial charge in [0.2, 0.25) is 0 Å². The minimum Gasteiger partial charge on any atom is -0.329 e. The number of aromatic nitrogens is 2. The van der Waals surface area contributed by atoms with E-state index in [1.54, 1.807) is 12.5 Å². The van der Waals surface area contributed by atoms with Gasteiger partial charge in [0.15, 0.2) is 0 Å². The van der Waals surface area contributed by atoms with E-state index in [-0.39, 0.29) is 6.04 Å². The van der Waals surface area contributed by atoms with Crippen LogP contribution in [0.15, 0.2) is 36.8 Å². The van der Waals surface area contributed by atoms with E-state index in [0.717, 1.165) is 23.4 Å². The molecule has 2 N–H and O–H groups in total. The smallest absolute Gasteiger partial charge is 0.329 e. The highest BCUT2D eigenvalue weighted by Gasteiger charge is 2.29. The van der Waals surface area contributed by atoms with Crippen molar-refractivity contribution in [3.05, 3.63) is 53.6 Å². The van der Waals surface area contributed by atoms with Gasteiger partial charge in [-0.25, -0.2) is 4.98 Å². The standard InChI is InChI=1S/C13H14F3N3/c1-9(17)12-6-18-8-19(12)7-10-2-4-11(5-3-10)13(14,15)16/h2-6,8-9H,7,17H2,1H3/t9-/m0/s1. The molecule has 0 aliphatic rings. The van der Waals surface area contributed by atoms with Gasteiger partial charge in [-0.05, 0) is 24.6 Å². The first-order chi connectivity index (χ1) is 8.88. The molecule has 19 heavy (non-hydrogen) atoms. The number of alkyl halides is 3. The normalized spacial score (nSPS) is 13.5. The van der Waals surface area contributed by atoms with Crippen molar-refractivity contribution in [3.8, 4) is 0 Å². The number of benzene rings is 1. The molecule has 0 aliphatic heterocycles. The van der Waals surface area contributed by atoms with Crippen LogP contribution in [0.5, 0.6) is 0 Å². The lowest BCUT2D eigenvalue weighted by atomic mass is 10.1. The third-order valence-corrected chi connectivity index (χ3v) is 2.85. The fraction of sp³-hybridized carbons (Fsp3) is 0.308. The van der Waals surface area contributed by atoms with Crippen molar-refractivity contribution in [2.75, 3.05) is 0 Å². The van der Waals surface area contributed by atoms with Crippen LogP contribution in [0.4, 0.5) is 13.2 Å². The molecule has 0 radical (unpaired) electrons. The molecule has 3 nitrogen and oxygen atoms in total. The number of nitrogens with two attached hydrogens (primary N) is 1. The molecule has 1 atom stereocenters. The minimum atomic E-state index is -4.30. The Hall–Kier alpha value is -1.82. The zero-order valence-corrected chi connectivity index (χ0v) is 10.4. The fourth-order valence-corrected chi connectivity index (χ4v) is 1.84. The van der Waals surface area contributed by atoms with Gasteiger partial charge in [-0.3, -0.25) is 0 Å². The van der Waals surface area contributed by atoms with Crippen molar-refractivity contribution in [1.82, 2.24) is 9.55 Å². The number of rotatable bonds is 3. The molecule has 0 aliphatic carbocycles. The van der Waals surface area contributed by atoms with Gasteiger partial charge in [-0.15, -0.1) is 0 Å². The molecule has 0 amide bonds. The highest BCUT2D eigenvalue weighted by atomic mass is 19.4. The maximum absolute atomic E-state index is 12.4. The van der Waals surface area contributed by atoms with Crippen molar-refractivity contribution in [2.24, 2.45) is 5.73 Å². The summed E-state index contributed by atoms with van der Waals surface area (Å²) in [7, 11) is 0. The summed E-state index contributed by atoms with van der Waals surface area (Å²) in [6.45, 7) is 2.29. The number of imidazole rings is 1. The van der Waals surface area contributed by atoms with Gasteiger partial charge in [0.25, 0.3) is 0 Å². The zero-order valence-electron chi connectivity index (χ0n) is 10.4. The van der Waals surface area contributed by atoms with Crippen LogP contribution in [-0.4, -0.2) is 9.55 Å². The Kier molecular flexibility index (Phi) is 3.61. The summed E-state index contributed by atoms with van der Waals surface area (Å²) < 4.78 is 39.1. The maximum atomic E-state index is 12.4. The van der Waals surface area contributed by atoms with Crippen LogP contribution in [-0.2, 0) is 12.7 Å². The minimum absolute atomic E-state index is 0.169. The predicted octanol–water partition coefficient (Wildman–Crippen LogP) is 2.97. The predicted molar refractivity (Wildman–Crippen MR) is 65.4 cm³/mol. The van der Waals surface area contributed by atoms with Crippen molar-refractivity contribution in [2.45, 2.75) is 25.7 Å². The van der Waals surface area contributed by atoms with Crippen LogP contribution in [0.2, 0.25) is 0 Å². The molecule has 0 unspecified atom stereocenters. The van der Waals surface area contributed by atoms with Crippen molar-refractivity contribution >= 4 is 0 Å². The average Bonchev–Trinajstić information content (AvgIpc) is 2.77. The number of hydrogen-bond donors (Lipinski definition) is 1. The Labute approximate surface area is 108 Å². The van der Waals surface area contributed by atoms with Crippen molar-refractivity contribution in [1.29, 1.82) is 0 Å². The molecule has 1 aromatic heterocycles. The molecular weight excluding hydrogens is 255 g/mol. The van der Waals surface area contributed by atoms with Crippen LogP contribution >= 0.6 is 0 Å². The molecule has 2 rings (SSSR count). The second-order valence-electron chi connectivity index (χ2n) is 4.43. The summed E-state index contributed by atoms with van der Waals surface area (Å²) >= 11 is 0. The molecule has 0 saturated heterocycles. The van der Waals surface area contributed by atoms with E-state index in [1.807, 2.05) is 11.5 Å². The third kappa shape index (κ3) is 3.14. The topological polar surface area (TPSA) is 43.8 Å². The molecule has 102 valence electrons. The Morgan fingerprint density at radius 1 is 1.26 bits per heavy atom. The first-order valence-corrected chi connectivity index (χ1v) is 5.79. The van der Waals surface area contributed by atoms with E-state index in [0.29, 0.717) is 6.54 Å². The number of nitrogens with zero attached hydrogens (tertiary/aromatic N) is 2. The fourth-order valence-electron chi connectivity index (χ4n) is 1.84. The largest absolute Gasteiger partial charge is 0.416 e. The summed E-state index contributed by atoms with van der Waals surface area (Å²) in [5.74, 6) is 0. The molecule has 0 spiro atoms. The first-order valence-electron chi connectivity index (χ1n) is 5.79. The van der Waals surface area contributed by atoms with Gasteiger partial charge in [0.1, 0.15) is 0 Å². The van der Waals surface area contributed by atoms with Gasteiger partial charge >= 0.3 is 6.18 Å². The van der Waals surface area contributed by atoms with Gasteiger partial charge < -0.3 is 10.3 Å². The lowest BCUT2D eigenvalue weighted by Gasteiger charge is -2.12. The van der Waals surface area contributed by atoms with E-state index >= 15 is 0 Å². The van der Waals surface area contributed by atoms with E-state index in [9.17, 15) is 13.2 Å². The molecule has 0 saturated carbocycles. The third-order valence-electron chi connectivity index (χ3n) is 2.85. The van der Waals surface area contributed by atoms with Gasteiger partial charge in [-0.1, -0.05) is 12.1 Å². The summed E-state index contributed by atoms with van der Waals surface area (Å²) in [5, 5.41) is 0. The van der Waals surface area contributed by atoms with Gasteiger partial charge in [0, 0.05) is 18.8 Å². The summed E-state index contributed by atoms with van der Waals surface area (Å²) in [5.41, 5.74) is 6.76. The van der Waals surface area contributed by atoms with Crippen molar-refractivity contribution < 1.29 is 13.2 Å². The molecule has 1 heterocycles. The Bertz CT molecular complexity index is 541. The summed E-state index contributed by atoms with van der Waals surface area (Å²) in [6.07, 6.45) is -1.02. The summed E-state index contributed by atoms with van der Waals surface area (Å²) in [6, 6.07) is 4.92. The Morgan fingerprint density at radius 2 is 1.89 bits per heavy atom. The van der Waals surface area contributed by atoms with Crippen molar-refractivity contribution in [3.63, 3.8) is 0 Å². The molecule has 2 aromatic rings. The highest BCUT2D eigenvalue weighted by molar-refractivity contribution is 5.25. The average molecular weight is 269 g/mol. The maximum Gasteiger partial charge on any atom is 0.416 e. The number of halogens is 3. The summed E-state index contributed by atoms with van der Waals surface area (Å²) in [4.78, 5) is 4.00. The van der Waals surface area contributed by atoms with Crippen LogP contribution in [0.25, 0.3) is 0 Å². The van der Waals surface area contributed by atoms with Crippen LogP contribution in [0.1, 0.15) is 29.8 Å². The second kappa shape index (κ2) is 5.05. The van der Waals surface area contributed by atoms with E-state index in [1.165, 1.54) is 12.1 Å². The molecule has 6 heteroatoms. The van der Waals surface area contributed by atoms with Crippen LogP contribution in [0.3, 0.4) is 0 Å². The lowest BCUT2D eigenvalue weighted by Crippen LogP contribution is -2.12. The van der Waals surface area contributed by atoms with E-state index in [2.05, 4.69) is 4.98 Å². The zero-order chi connectivity index (χ0) is 14.0. The molecule has 1 aromatic carbocycles. The molecular formula is C13H14F3N3. The highest BCUT2D eigenvalue weighted by Crippen LogP contribution is 2.29. The monoisotopic (exact) mass is 269 g/mol. The number of hydrogen-bond acceptors (Lipinski definition) is 2. The molecule has 0 bridgehead atoms. The SMILES string of the molecule is C[C@H](N)c1cncn1Cc1ccc(C(F)(F)F)cc1. The Balaban J connectivity index is 2.18. The lowest BCUT2D eigenvalue weighted by molar-refractivity contribution is -0.137. The van der Waals surface area contributed by atoms with E-state index in [4.69, 9.17) is 5.73 Å². The van der Waals surface area contributed by atoms with E-state index < -0.39 is 11.7 Å². The second-order valence-corrected chi connectivity index (χ2v) is 4.43. The molecule has 0 fully saturated rings. The Morgan fingerprint density at radius 3 is 2.42 bits per heavy atom. The van der Waals surface area contributed by atoms with Crippen LogP contribution in [0, 0.1) is 0 Å². The van der Waals surface area contributed by atoms with Gasteiger partial charge in [0.05, 0.1) is 17.6 Å². The first kappa shape index (κ1) is 13.6. The quantitative estimate of drug-likeness (QED) is 0.931. The van der Waals surface area contributed by atoms with Crippen LogP contribution < -0.4 is 5.73 Å². The van der Waals surface area contributed by atoms with Gasteiger partial charge in [-0.2, -0.15) is 13.2 Å².